The Morgan fingerprint density at radius 1 is 1.44 bits per heavy atom. The van der Waals surface area contributed by atoms with Crippen molar-refractivity contribution in [1.29, 1.82) is 0 Å². The van der Waals surface area contributed by atoms with Crippen LogP contribution in [0, 0.1) is 11.8 Å². The van der Waals surface area contributed by atoms with Gasteiger partial charge in [-0.2, -0.15) is 0 Å². The van der Waals surface area contributed by atoms with Gasteiger partial charge in [0.1, 0.15) is 0 Å². The van der Waals surface area contributed by atoms with E-state index < -0.39 is 11.9 Å². The molecule has 16 heavy (non-hydrogen) atoms. The lowest BCUT2D eigenvalue weighted by Gasteiger charge is -2.18. The van der Waals surface area contributed by atoms with Crippen LogP contribution in [0.5, 0.6) is 0 Å². The van der Waals surface area contributed by atoms with Crippen molar-refractivity contribution in [2.24, 2.45) is 11.8 Å². The van der Waals surface area contributed by atoms with E-state index in [-0.39, 0.29) is 18.1 Å². The van der Waals surface area contributed by atoms with Gasteiger partial charge in [0.15, 0.2) is 0 Å². The maximum atomic E-state index is 11.5. The molecule has 4 atom stereocenters. The van der Waals surface area contributed by atoms with Gasteiger partial charge in [-0.15, -0.1) is 0 Å². The number of urea groups is 1. The third-order valence-corrected chi connectivity index (χ3v) is 3.26. The molecule has 5 nitrogen and oxygen atoms in total. The summed E-state index contributed by atoms with van der Waals surface area (Å²) in [5.74, 6) is -0.879. The van der Waals surface area contributed by atoms with E-state index in [0.717, 1.165) is 12.8 Å². The molecule has 1 rings (SSSR count). The zero-order valence-electron chi connectivity index (χ0n) is 9.99. The van der Waals surface area contributed by atoms with Crippen LogP contribution < -0.4 is 10.6 Å². The minimum absolute atomic E-state index is 0.262. The van der Waals surface area contributed by atoms with E-state index in [1.165, 1.54) is 0 Å². The number of aliphatic carboxylic acids is 1. The van der Waals surface area contributed by atoms with Gasteiger partial charge in [0.2, 0.25) is 0 Å². The van der Waals surface area contributed by atoms with E-state index >= 15 is 0 Å². The zero-order chi connectivity index (χ0) is 12.3. The fraction of sp³-hybridized carbons (Fsp3) is 0.818. The molecule has 0 bridgehead atoms. The molecule has 92 valence electrons. The van der Waals surface area contributed by atoms with Crippen LogP contribution in [0.1, 0.15) is 33.6 Å². The molecule has 0 aromatic heterocycles. The number of hydrogen-bond acceptors (Lipinski definition) is 2. The lowest BCUT2D eigenvalue weighted by molar-refractivity contribution is -0.141. The molecule has 0 aliphatic heterocycles. The van der Waals surface area contributed by atoms with Gasteiger partial charge in [0.05, 0.1) is 5.92 Å². The molecule has 4 unspecified atom stereocenters. The SMILES string of the molecule is CCC1CC1NC(=O)NC(C)C(C)C(=O)O. The average molecular weight is 228 g/mol. The molecule has 1 saturated carbocycles. The fourth-order valence-corrected chi connectivity index (χ4v) is 1.63. The first-order valence-electron chi connectivity index (χ1n) is 5.75. The van der Waals surface area contributed by atoms with Crippen molar-refractivity contribution in [1.82, 2.24) is 10.6 Å². The van der Waals surface area contributed by atoms with Crippen LogP contribution in [0.4, 0.5) is 4.79 Å². The van der Waals surface area contributed by atoms with Crippen molar-refractivity contribution < 1.29 is 14.7 Å². The Hall–Kier alpha value is -1.26. The average Bonchev–Trinajstić information content (AvgIpc) is 2.94. The Morgan fingerprint density at radius 3 is 2.50 bits per heavy atom. The minimum Gasteiger partial charge on any atom is -0.481 e. The molecule has 1 aliphatic carbocycles. The first-order chi connectivity index (χ1) is 7.45. The maximum absolute atomic E-state index is 11.5. The number of amides is 2. The van der Waals surface area contributed by atoms with Crippen LogP contribution >= 0.6 is 0 Å². The van der Waals surface area contributed by atoms with E-state index in [1.807, 2.05) is 0 Å². The van der Waals surface area contributed by atoms with E-state index in [0.29, 0.717) is 5.92 Å². The summed E-state index contributed by atoms with van der Waals surface area (Å²) in [5, 5.41) is 14.3. The van der Waals surface area contributed by atoms with Crippen LogP contribution in [-0.4, -0.2) is 29.2 Å². The zero-order valence-corrected chi connectivity index (χ0v) is 9.99. The van der Waals surface area contributed by atoms with Gasteiger partial charge in [-0.3, -0.25) is 4.79 Å². The molecule has 0 radical (unpaired) electrons. The topological polar surface area (TPSA) is 78.4 Å². The van der Waals surface area contributed by atoms with Gasteiger partial charge in [0.25, 0.3) is 0 Å². The largest absolute Gasteiger partial charge is 0.481 e. The fourth-order valence-electron chi connectivity index (χ4n) is 1.63. The molecule has 3 N–H and O–H groups in total. The van der Waals surface area contributed by atoms with Crippen molar-refractivity contribution in [2.75, 3.05) is 0 Å². The Balaban J connectivity index is 2.26. The lowest BCUT2D eigenvalue weighted by Crippen LogP contribution is -2.46. The summed E-state index contributed by atoms with van der Waals surface area (Å²) in [6, 6.07) is -0.352. The Kier molecular flexibility index (Phi) is 4.15. The van der Waals surface area contributed by atoms with Gasteiger partial charge in [0, 0.05) is 12.1 Å². The van der Waals surface area contributed by atoms with Crippen molar-refractivity contribution >= 4 is 12.0 Å². The summed E-state index contributed by atoms with van der Waals surface area (Å²) in [6.45, 7) is 5.38. The van der Waals surface area contributed by atoms with Gasteiger partial charge < -0.3 is 15.7 Å². The maximum Gasteiger partial charge on any atom is 0.315 e. The predicted octanol–water partition coefficient (Wildman–Crippen LogP) is 1.19. The summed E-state index contributed by atoms with van der Waals surface area (Å²) in [6.07, 6.45) is 2.11. The third kappa shape index (κ3) is 3.40. The summed E-state index contributed by atoms with van der Waals surface area (Å²) in [5.41, 5.74) is 0. The Labute approximate surface area is 95.6 Å². The van der Waals surface area contributed by atoms with Crippen molar-refractivity contribution in [3.63, 3.8) is 0 Å². The molecule has 1 fully saturated rings. The normalized spacial score (nSPS) is 26.7. The highest BCUT2D eigenvalue weighted by Gasteiger charge is 2.36. The van der Waals surface area contributed by atoms with E-state index in [9.17, 15) is 9.59 Å². The molecule has 2 amide bonds. The highest BCUT2D eigenvalue weighted by molar-refractivity contribution is 5.77. The van der Waals surface area contributed by atoms with Gasteiger partial charge >= 0.3 is 12.0 Å². The molecule has 1 aliphatic rings. The highest BCUT2D eigenvalue weighted by Crippen LogP contribution is 2.32. The van der Waals surface area contributed by atoms with Gasteiger partial charge in [-0.25, -0.2) is 4.79 Å². The number of carboxylic acid groups (broad SMARTS) is 1. The number of hydrogen-bond donors (Lipinski definition) is 3. The molecule has 5 heteroatoms. The second-order valence-corrected chi connectivity index (χ2v) is 4.54. The highest BCUT2D eigenvalue weighted by atomic mass is 16.4. The molecule has 0 aromatic carbocycles. The van der Waals surface area contributed by atoms with Gasteiger partial charge in [-0.1, -0.05) is 13.3 Å². The van der Waals surface area contributed by atoms with Crippen LogP contribution in [0.2, 0.25) is 0 Å². The first-order valence-corrected chi connectivity index (χ1v) is 5.75. The molecule has 0 heterocycles. The Morgan fingerprint density at radius 2 is 2.06 bits per heavy atom. The van der Waals surface area contributed by atoms with Crippen LogP contribution in [0.25, 0.3) is 0 Å². The predicted molar refractivity (Wildman–Crippen MR) is 60.1 cm³/mol. The second kappa shape index (κ2) is 5.18. The van der Waals surface area contributed by atoms with E-state index in [1.54, 1.807) is 13.8 Å². The van der Waals surface area contributed by atoms with E-state index in [2.05, 4.69) is 17.6 Å². The minimum atomic E-state index is -0.898. The standard InChI is InChI=1S/C11H20N2O3/c1-4-8-5-9(8)13-11(16)12-7(3)6(2)10(14)15/h6-9H,4-5H2,1-3H3,(H,14,15)(H2,12,13,16). The number of nitrogens with one attached hydrogen (secondary N) is 2. The van der Waals surface area contributed by atoms with Crippen molar-refractivity contribution in [3.8, 4) is 0 Å². The molecular formula is C11H20N2O3. The molecule has 0 spiro atoms. The summed E-state index contributed by atoms with van der Waals surface area (Å²) >= 11 is 0. The van der Waals surface area contributed by atoms with E-state index in [4.69, 9.17) is 5.11 Å². The monoisotopic (exact) mass is 228 g/mol. The van der Waals surface area contributed by atoms with Crippen LogP contribution in [0.15, 0.2) is 0 Å². The molecule has 0 aromatic rings. The smallest absolute Gasteiger partial charge is 0.315 e. The second-order valence-electron chi connectivity index (χ2n) is 4.54. The quantitative estimate of drug-likeness (QED) is 0.661. The van der Waals surface area contributed by atoms with Crippen LogP contribution in [-0.2, 0) is 4.79 Å². The number of rotatable bonds is 5. The summed E-state index contributed by atoms with van der Waals surface area (Å²) in [4.78, 5) is 22.2. The molecule has 0 saturated heterocycles. The Bertz CT molecular complexity index is 280. The first kappa shape index (κ1) is 12.8. The van der Waals surface area contributed by atoms with Crippen molar-refractivity contribution in [2.45, 2.75) is 45.7 Å². The van der Waals surface area contributed by atoms with Crippen molar-refractivity contribution in [3.05, 3.63) is 0 Å². The summed E-state index contributed by atoms with van der Waals surface area (Å²) in [7, 11) is 0. The number of carbonyl (C=O) groups is 2. The third-order valence-electron chi connectivity index (χ3n) is 3.26. The van der Waals surface area contributed by atoms with Crippen LogP contribution in [0.3, 0.4) is 0 Å². The molecular weight excluding hydrogens is 208 g/mol. The number of carbonyl (C=O) groups excluding carboxylic acids is 1. The number of carboxylic acids is 1. The summed E-state index contributed by atoms with van der Waals surface area (Å²) < 4.78 is 0. The van der Waals surface area contributed by atoms with Gasteiger partial charge in [-0.05, 0) is 26.2 Å². The lowest BCUT2D eigenvalue weighted by atomic mass is 10.0.